The first kappa shape index (κ1) is 13.1. The molecule has 0 saturated heterocycles. The largest absolute Gasteiger partial charge is 0.381 e. The zero-order chi connectivity index (χ0) is 12.6. The summed E-state index contributed by atoms with van der Waals surface area (Å²) in [5, 5.41) is 0.880. The molecule has 0 bridgehead atoms. The molecule has 1 aromatic heterocycles. The Balaban J connectivity index is 2.69. The normalized spacial score (nSPS) is 10.6. The van der Waals surface area contributed by atoms with Crippen molar-refractivity contribution >= 4 is 60.9 Å². The van der Waals surface area contributed by atoms with E-state index in [0.717, 1.165) is 0 Å². The van der Waals surface area contributed by atoms with Gasteiger partial charge in [0, 0.05) is 5.56 Å². The molecular weight excluding hydrogens is 393 g/mol. The number of hydrogen-bond acceptors (Lipinski definition) is 3. The minimum Gasteiger partial charge on any atom is -0.381 e. The predicted octanol–water partition coefficient (Wildman–Crippen LogP) is 4.56. The quantitative estimate of drug-likeness (QED) is 0.767. The average Bonchev–Trinajstić information content (AvgIpc) is 2.28. The van der Waals surface area contributed by atoms with Crippen molar-refractivity contribution in [3.8, 4) is 11.3 Å². The second-order valence-corrected chi connectivity index (χ2v) is 5.43. The van der Waals surface area contributed by atoms with E-state index in [0.29, 0.717) is 36.3 Å². The van der Waals surface area contributed by atoms with E-state index in [4.69, 9.17) is 28.9 Å². The summed E-state index contributed by atoms with van der Waals surface area (Å²) < 4.78 is 1.02. The Morgan fingerprint density at radius 1 is 1.06 bits per heavy atom. The van der Waals surface area contributed by atoms with E-state index >= 15 is 0 Å². The van der Waals surface area contributed by atoms with Gasteiger partial charge in [0.05, 0.1) is 10.0 Å². The van der Waals surface area contributed by atoms with Crippen LogP contribution in [-0.4, -0.2) is 9.97 Å². The minimum absolute atomic E-state index is 0.291. The number of halogens is 4. The van der Waals surface area contributed by atoms with Gasteiger partial charge in [-0.05, 0) is 37.9 Å². The average molecular weight is 398 g/mol. The molecule has 88 valence electrons. The summed E-state index contributed by atoms with van der Waals surface area (Å²) in [5.41, 5.74) is 6.93. The highest BCUT2D eigenvalue weighted by atomic mass is 79.9. The standard InChI is InChI=1S/C10H5Br2Cl2N3/c11-8-7(16-10(15)9(12)17-8)4-2-1-3-5(13)6(4)14/h1-3H,(H2,15,16). The van der Waals surface area contributed by atoms with Crippen molar-refractivity contribution < 1.29 is 0 Å². The number of nitrogens with zero attached hydrogens (tertiary/aromatic N) is 2. The lowest BCUT2D eigenvalue weighted by molar-refractivity contribution is 1.15. The smallest absolute Gasteiger partial charge is 0.157 e. The first-order valence-corrected chi connectivity index (χ1v) is 6.77. The summed E-state index contributed by atoms with van der Waals surface area (Å²) >= 11 is 18.6. The molecule has 0 atom stereocenters. The molecule has 0 unspecified atom stereocenters. The fourth-order valence-electron chi connectivity index (χ4n) is 1.27. The van der Waals surface area contributed by atoms with E-state index < -0.39 is 0 Å². The Kier molecular flexibility index (Phi) is 3.92. The van der Waals surface area contributed by atoms with Crippen molar-refractivity contribution in [1.29, 1.82) is 0 Å². The second kappa shape index (κ2) is 5.10. The van der Waals surface area contributed by atoms with Gasteiger partial charge in [-0.25, -0.2) is 9.97 Å². The van der Waals surface area contributed by atoms with Gasteiger partial charge in [0.1, 0.15) is 14.9 Å². The maximum absolute atomic E-state index is 6.12. The van der Waals surface area contributed by atoms with Gasteiger partial charge in [-0.1, -0.05) is 35.3 Å². The van der Waals surface area contributed by atoms with Crippen molar-refractivity contribution in [2.24, 2.45) is 0 Å². The van der Waals surface area contributed by atoms with E-state index in [9.17, 15) is 0 Å². The molecule has 17 heavy (non-hydrogen) atoms. The molecule has 2 N–H and O–H groups in total. The molecule has 0 fully saturated rings. The molecule has 0 amide bonds. The Hall–Kier alpha value is -0.360. The Morgan fingerprint density at radius 3 is 2.47 bits per heavy atom. The molecule has 0 saturated carbocycles. The van der Waals surface area contributed by atoms with Crippen LogP contribution in [0.2, 0.25) is 10.0 Å². The van der Waals surface area contributed by atoms with Crippen LogP contribution in [0.3, 0.4) is 0 Å². The lowest BCUT2D eigenvalue weighted by Crippen LogP contribution is -1.98. The van der Waals surface area contributed by atoms with Gasteiger partial charge in [0.2, 0.25) is 0 Å². The molecule has 1 aromatic carbocycles. The van der Waals surface area contributed by atoms with Gasteiger partial charge >= 0.3 is 0 Å². The van der Waals surface area contributed by atoms with Crippen molar-refractivity contribution in [2.45, 2.75) is 0 Å². The van der Waals surface area contributed by atoms with Gasteiger partial charge < -0.3 is 5.73 Å². The van der Waals surface area contributed by atoms with E-state index in [1.807, 2.05) is 0 Å². The highest BCUT2D eigenvalue weighted by Gasteiger charge is 2.14. The van der Waals surface area contributed by atoms with Crippen molar-refractivity contribution in [1.82, 2.24) is 9.97 Å². The molecule has 0 spiro atoms. The highest BCUT2D eigenvalue weighted by molar-refractivity contribution is 9.11. The molecule has 3 nitrogen and oxygen atoms in total. The van der Waals surface area contributed by atoms with Crippen LogP contribution in [-0.2, 0) is 0 Å². The fourth-order valence-corrected chi connectivity index (χ4v) is 2.64. The van der Waals surface area contributed by atoms with Crippen LogP contribution < -0.4 is 5.73 Å². The molecule has 0 aliphatic rings. The zero-order valence-corrected chi connectivity index (χ0v) is 12.9. The SMILES string of the molecule is Nc1nc(-c2cccc(Cl)c2Cl)c(Br)nc1Br. The predicted molar refractivity (Wildman–Crippen MR) is 77.3 cm³/mol. The number of benzene rings is 1. The summed E-state index contributed by atoms with van der Waals surface area (Å²) in [5.74, 6) is 0.291. The highest BCUT2D eigenvalue weighted by Crippen LogP contribution is 2.36. The lowest BCUT2D eigenvalue weighted by atomic mass is 10.1. The minimum atomic E-state index is 0.291. The molecule has 2 aromatic rings. The third-order valence-corrected chi connectivity index (χ3v) is 4.00. The maximum Gasteiger partial charge on any atom is 0.157 e. The van der Waals surface area contributed by atoms with Gasteiger partial charge in [-0.3, -0.25) is 0 Å². The summed E-state index contributed by atoms with van der Waals surface area (Å²) in [4.78, 5) is 8.39. The third-order valence-electron chi connectivity index (χ3n) is 2.04. The van der Waals surface area contributed by atoms with Crippen LogP contribution in [0.25, 0.3) is 11.3 Å². The van der Waals surface area contributed by atoms with Gasteiger partial charge in [0.15, 0.2) is 5.82 Å². The number of rotatable bonds is 1. The molecule has 0 radical (unpaired) electrons. The second-order valence-electron chi connectivity index (χ2n) is 3.14. The summed E-state index contributed by atoms with van der Waals surface area (Å²) in [6, 6.07) is 5.29. The molecular formula is C10H5Br2Cl2N3. The van der Waals surface area contributed by atoms with Crippen LogP contribution in [0.1, 0.15) is 0 Å². The van der Waals surface area contributed by atoms with E-state index in [-0.39, 0.29) is 0 Å². The molecule has 0 aliphatic heterocycles. The van der Waals surface area contributed by atoms with Crippen LogP contribution in [0.4, 0.5) is 5.82 Å². The van der Waals surface area contributed by atoms with Crippen LogP contribution >= 0.6 is 55.1 Å². The fraction of sp³-hybridized carbons (Fsp3) is 0. The summed E-state index contributed by atoms with van der Waals surface area (Å²) in [6.45, 7) is 0. The van der Waals surface area contributed by atoms with Gasteiger partial charge in [-0.2, -0.15) is 0 Å². The van der Waals surface area contributed by atoms with Gasteiger partial charge in [0.25, 0.3) is 0 Å². The van der Waals surface area contributed by atoms with E-state index in [1.54, 1.807) is 18.2 Å². The van der Waals surface area contributed by atoms with E-state index in [2.05, 4.69) is 41.8 Å². The number of anilines is 1. The zero-order valence-electron chi connectivity index (χ0n) is 8.22. The molecule has 7 heteroatoms. The van der Waals surface area contributed by atoms with E-state index in [1.165, 1.54) is 0 Å². The van der Waals surface area contributed by atoms with Crippen LogP contribution in [0.5, 0.6) is 0 Å². The van der Waals surface area contributed by atoms with Crippen molar-refractivity contribution in [3.05, 3.63) is 37.5 Å². The van der Waals surface area contributed by atoms with Crippen molar-refractivity contribution in [2.75, 3.05) is 5.73 Å². The third kappa shape index (κ3) is 2.57. The monoisotopic (exact) mass is 395 g/mol. The summed E-state index contributed by atoms with van der Waals surface area (Å²) in [7, 11) is 0. The number of nitrogens with two attached hydrogens (primary N) is 1. The molecule has 0 aliphatic carbocycles. The van der Waals surface area contributed by atoms with Crippen molar-refractivity contribution in [3.63, 3.8) is 0 Å². The summed E-state index contributed by atoms with van der Waals surface area (Å²) in [6.07, 6.45) is 0. The number of hydrogen-bond donors (Lipinski definition) is 1. The number of nitrogen functional groups attached to an aromatic ring is 1. The first-order chi connectivity index (χ1) is 8.00. The van der Waals surface area contributed by atoms with Crippen LogP contribution in [0, 0.1) is 0 Å². The Morgan fingerprint density at radius 2 is 1.76 bits per heavy atom. The molecule has 1 heterocycles. The van der Waals surface area contributed by atoms with Crippen LogP contribution in [0.15, 0.2) is 27.4 Å². The number of aromatic nitrogens is 2. The van der Waals surface area contributed by atoms with Gasteiger partial charge in [-0.15, -0.1) is 0 Å². The topological polar surface area (TPSA) is 51.8 Å². The Bertz CT molecular complexity index is 590. The maximum atomic E-state index is 6.12. The lowest BCUT2D eigenvalue weighted by Gasteiger charge is -2.08. The Labute approximate surface area is 125 Å². The molecule has 2 rings (SSSR count). The first-order valence-electron chi connectivity index (χ1n) is 4.43.